The predicted molar refractivity (Wildman–Crippen MR) is 77.6 cm³/mol. The van der Waals surface area contributed by atoms with Crippen molar-refractivity contribution in [1.82, 2.24) is 0 Å². The quantitative estimate of drug-likeness (QED) is 0.828. The zero-order chi connectivity index (χ0) is 14.0. The Morgan fingerprint density at radius 1 is 1.32 bits per heavy atom. The van der Waals surface area contributed by atoms with Crippen molar-refractivity contribution in [2.45, 2.75) is 6.92 Å². The molecule has 0 fully saturated rings. The number of nitrogens with two attached hydrogens (primary N) is 1. The number of amides is 1. The van der Waals surface area contributed by atoms with Gasteiger partial charge in [0.15, 0.2) is 0 Å². The summed E-state index contributed by atoms with van der Waals surface area (Å²) in [6.07, 6.45) is 0. The van der Waals surface area contributed by atoms with Crippen LogP contribution in [-0.4, -0.2) is 5.91 Å². The van der Waals surface area contributed by atoms with Gasteiger partial charge in [0.25, 0.3) is 5.91 Å². The van der Waals surface area contributed by atoms with Crippen molar-refractivity contribution in [2.24, 2.45) is 0 Å². The third-order valence-electron chi connectivity index (χ3n) is 2.72. The Morgan fingerprint density at radius 2 is 2.05 bits per heavy atom. The number of benzene rings is 2. The molecule has 2 aromatic rings. The van der Waals surface area contributed by atoms with Crippen LogP contribution in [0.4, 0.5) is 15.8 Å². The van der Waals surface area contributed by atoms with Crippen molar-refractivity contribution in [2.75, 3.05) is 11.1 Å². The molecule has 5 heteroatoms. The summed E-state index contributed by atoms with van der Waals surface area (Å²) >= 11 is 3.26. The smallest absolute Gasteiger partial charge is 0.257 e. The highest BCUT2D eigenvalue weighted by Crippen LogP contribution is 2.22. The SMILES string of the molecule is Cc1cccc(F)c1NC(=O)c1ccc(Br)cc1N. The van der Waals surface area contributed by atoms with Gasteiger partial charge in [-0.25, -0.2) is 4.39 Å². The zero-order valence-corrected chi connectivity index (χ0v) is 11.8. The fourth-order valence-electron chi connectivity index (χ4n) is 1.71. The van der Waals surface area contributed by atoms with Gasteiger partial charge in [0.2, 0.25) is 0 Å². The van der Waals surface area contributed by atoms with Crippen LogP contribution in [0, 0.1) is 12.7 Å². The normalized spacial score (nSPS) is 10.3. The molecule has 3 N–H and O–H groups in total. The van der Waals surface area contributed by atoms with Crippen LogP contribution in [0.2, 0.25) is 0 Å². The number of anilines is 2. The average Bonchev–Trinajstić information content (AvgIpc) is 2.33. The van der Waals surface area contributed by atoms with E-state index in [9.17, 15) is 9.18 Å². The molecule has 0 aliphatic rings. The molecule has 1 amide bonds. The number of nitrogen functional groups attached to an aromatic ring is 1. The number of rotatable bonds is 2. The minimum absolute atomic E-state index is 0.176. The summed E-state index contributed by atoms with van der Waals surface area (Å²) in [4.78, 5) is 12.1. The van der Waals surface area contributed by atoms with Gasteiger partial charge in [0.1, 0.15) is 5.82 Å². The Morgan fingerprint density at radius 3 is 2.68 bits per heavy atom. The van der Waals surface area contributed by atoms with E-state index in [-0.39, 0.29) is 5.69 Å². The molecule has 0 saturated heterocycles. The Labute approximate surface area is 118 Å². The van der Waals surface area contributed by atoms with Crippen molar-refractivity contribution < 1.29 is 9.18 Å². The molecule has 0 bridgehead atoms. The summed E-state index contributed by atoms with van der Waals surface area (Å²) in [5.74, 6) is -0.901. The largest absolute Gasteiger partial charge is 0.398 e. The molecule has 2 aromatic carbocycles. The topological polar surface area (TPSA) is 55.1 Å². The lowest BCUT2D eigenvalue weighted by molar-refractivity contribution is 0.102. The summed E-state index contributed by atoms with van der Waals surface area (Å²) in [6.45, 7) is 1.73. The summed E-state index contributed by atoms with van der Waals surface area (Å²) in [5, 5.41) is 2.55. The lowest BCUT2D eigenvalue weighted by Crippen LogP contribution is -2.15. The lowest BCUT2D eigenvalue weighted by Gasteiger charge is -2.11. The van der Waals surface area contributed by atoms with Crippen LogP contribution in [0.3, 0.4) is 0 Å². The van der Waals surface area contributed by atoms with Gasteiger partial charge < -0.3 is 11.1 Å². The molecule has 2 rings (SSSR count). The fourth-order valence-corrected chi connectivity index (χ4v) is 2.09. The van der Waals surface area contributed by atoms with Gasteiger partial charge in [0, 0.05) is 10.2 Å². The van der Waals surface area contributed by atoms with Gasteiger partial charge in [-0.2, -0.15) is 0 Å². The van der Waals surface area contributed by atoms with E-state index in [1.54, 1.807) is 37.3 Å². The van der Waals surface area contributed by atoms with Gasteiger partial charge >= 0.3 is 0 Å². The van der Waals surface area contributed by atoms with Crippen molar-refractivity contribution in [3.05, 3.63) is 57.8 Å². The maximum atomic E-state index is 13.6. The molecular formula is C14H12BrFN2O. The van der Waals surface area contributed by atoms with E-state index in [2.05, 4.69) is 21.2 Å². The predicted octanol–water partition coefficient (Wildman–Crippen LogP) is 3.73. The molecule has 0 radical (unpaired) electrons. The van der Waals surface area contributed by atoms with Gasteiger partial charge in [-0.05, 0) is 36.8 Å². The number of halogens is 2. The van der Waals surface area contributed by atoms with Crippen LogP contribution in [0.5, 0.6) is 0 Å². The van der Waals surface area contributed by atoms with Crippen LogP contribution in [0.15, 0.2) is 40.9 Å². The number of aryl methyl sites for hydroxylation is 1. The van der Waals surface area contributed by atoms with Crippen LogP contribution in [0.25, 0.3) is 0 Å². The molecule has 19 heavy (non-hydrogen) atoms. The minimum Gasteiger partial charge on any atom is -0.398 e. The van der Waals surface area contributed by atoms with E-state index in [0.717, 1.165) is 4.47 Å². The van der Waals surface area contributed by atoms with E-state index < -0.39 is 11.7 Å². The van der Waals surface area contributed by atoms with Gasteiger partial charge in [-0.1, -0.05) is 28.1 Å². The molecule has 98 valence electrons. The number of para-hydroxylation sites is 1. The van der Waals surface area contributed by atoms with Crippen LogP contribution >= 0.6 is 15.9 Å². The number of carbonyl (C=O) groups excluding carboxylic acids is 1. The maximum Gasteiger partial charge on any atom is 0.257 e. The molecule has 0 atom stereocenters. The van der Waals surface area contributed by atoms with E-state index in [1.807, 2.05) is 0 Å². The first-order valence-electron chi connectivity index (χ1n) is 5.60. The Kier molecular flexibility index (Phi) is 3.85. The molecule has 3 nitrogen and oxygen atoms in total. The van der Waals surface area contributed by atoms with E-state index in [4.69, 9.17) is 5.73 Å². The molecule has 0 aromatic heterocycles. The average molecular weight is 323 g/mol. The Bertz CT molecular complexity index is 623. The molecule has 0 saturated carbocycles. The second-order valence-corrected chi connectivity index (χ2v) is 5.03. The summed E-state index contributed by atoms with van der Waals surface area (Å²) in [5.41, 5.74) is 7.24. The third-order valence-corrected chi connectivity index (χ3v) is 3.21. The minimum atomic E-state index is -0.468. The van der Waals surface area contributed by atoms with Crippen molar-refractivity contribution in [3.8, 4) is 0 Å². The molecular weight excluding hydrogens is 311 g/mol. The van der Waals surface area contributed by atoms with Crippen molar-refractivity contribution in [1.29, 1.82) is 0 Å². The third kappa shape index (κ3) is 2.93. The standard InChI is InChI=1S/C14H12BrFN2O/c1-8-3-2-4-11(16)13(8)18-14(19)10-6-5-9(15)7-12(10)17/h2-7H,17H2,1H3,(H,18,19). The second kappa shape index (κ2) is 5.40. The van der Waals surface area contributed by atoms with Crippen LogP contribution in [-0.2, 0) is 0 Å². The molecule has 0 heterocycles. The number of hydrogen-bond acceptors (Lipinski definition) is 2. The first kappa shape index (κ1) is 13.5. The molecule has 0 aliphatic carbocycles. The van der Waals surface area contributed by atoms with E-state index in [1.165, 1.54) is 6.07 Å². The van der Waals surface area contributed by atoms with Crippen LogP contribution < -0.4 is 11.1 Å². The highest BCUT2D eigenvalue weighted by molar-refractivity contribution is 9.10. The van der Waals surface area contributed by atoms with Gasteiger partial charge in [0.05, 0.1) is 11.3 Å². The highest BCUT2D eigenvalue weighted by atomic mass is 79.9. The van der Waals surface area contributed by atoms with Crippen molar-refractivity contribution in [3.63, 3.8) is 0 Å². The molecule has 0 unspecified atom stereocenters. The molecule has 0 aliphatic heterocycles. The van der Waals surface area contributed by atoms with Crippen LogP contribution in [0.1, 0.15) is 15.9 Å². The summed E-state index contributed by atoms with van der Waals surface area (Å²) in [7, 11) is 0. The fraction of sp³-hybridized carbons (Fsp3) is 0.0714. The zero-order valence-electron chi connectivity index (χ0n) is 10.2. The maximum absolute atomic E-state index is 13.6. The number of nitrogens with one attached hydrogen (secondary N) is 1. The lowest BCUT2D eigenvalue weighted by atomic mass is 10.1. The summed E-state index contributed by atoms with van der Waals surface area (Å²) < 4.78 is 14.4. The Hall–Kier alpha value is -1.88. The monoisotopic (exact) mass is 322 g/mol. The highest BCUT2D eigenvalue weighted by Gasteiger charge is 2.13. The van der Waals surface area contributed by atoms with E-state index in [0.29, 0.717) is 16.8 Å². The second-order valence-electron chi connectivity index (χ2n) is 4.12. The summed E-state index contributed by atoms with van der Waals surface area (Å²) in [6, 6.07) is 9.54. The number of carbonyl (C=O) groups is 1. The van der Waals surface area contributed by atoms with E-state index >= 15 is 0 Å². The number of hydrogen-bond donors (Lipinski definition) is 2. The first-order chi connectivity index (χ1) is 8.99. The van der Waals surface area contributed by atoms with Gasteiger partial charge in [-0.3, -0.25) is 4.79 Å². The molecule has 0 spiro atoms. The first-order valence-corrected chi connectivity index (χ1v) is 6.40. The van der Waals surface area contributed by atoms with Gasteiger partial charge in [-0.15, -0.1) is 0 Å². The van der Waals surface area contributed by atoms with Crippen molar-refractivity contribution >= 4 is 33.2 Å². The Balaban J connectivity index is 2.31.